The molecule has 0 aromatic heterocycles. The predicted molar refractivity (Wildman–Crippen MR) is 75.0 cm³/mol. The number of nitrogen functional groups attached to an aromatic ring is 1. The number of Topliss-reactive ketones (excluding diaryl/α,β-unsaturated/α-hetero) is 1. The molecule has 2 rings (SSSR count). The minimum absolute atomic E-state index is 0.0547. The Morgan fingerprint density at radius 2 is 2.00 bits per heavy atom. The number of rotatable bonds is 3. The molecule has 0 amide bonds. The Hall–Kier alpha value is -1.87. The molecule has 0 unspecified atom stereocenters. The number of aryl methyl sites for hydroxylation is 1. The zero-order valence-electron chi connectivity index (χ0n) is 10.4. The first-order valence-electron chi connectivity index (χ1n) is 5.80. The van der Waals surface area contributed by atoms with E-state index in [2.05, 4.69) is 0 Å². The summed E-state index contributed by atoms with van der Waals surface area (Å²) in [4.78, 5) is 12.1. The zero-order valence-corrected chi connectivity index (χ0v) is 11.2. The van der Waals surface area contributed by atoms with Crippen molar-refractivity contribution in [3.05, 3.63) is 63.9 Å². The van der Waals surface area contributed by atoms with Crippen molar-refractivity contribution in [3.63, 3.8) is 0 Å². The summed E-state index contributed by atoms with van der Waals surface area (Å²) in [5, 5.41) is 0.384. The van der Waals surface area contributed by atoms with E-state index in [-0.39, 0.29) is 12.2 Å². The monoisotopic (exact) mass is 277 g/mol. The van der Waals surface area contributed by atoms with E-state index in [0.29, 0.717) is 21.8 Å². The van der Waals surface area contributed by atoms with Crippen LogP contribution in [0.3, 0.4) is 0 Å². The van der Waals surface area contributed by atoms with Crippen molar-refractivity contribution in [2.24, 2.45) is 0 Å². The normalized spacial score (nSPS) is 10.5. The minimum Gasteiger partial charge on any atom is -0.398 e. The van der Waals surface area contributed by atoms with E-state index in [4.69, 9.17) is 17.3 Å². The maximum Gasteiger partial charge on any atom is 0.167 e. The third-order valence-corrected chi connectivity index (χ3v) is 3.33. The number of halogens is 2. The average molecular weight is 278 g/mol. The van der Waals surface area contributed by atoms with Crippen molar-refractivity contribution >= 4 is 23.1 Å². The van der Waals surface area contributed by atoms with E-state index < -0.39 is 5.82 Å². The van der Waals surface area contributed by atoms with Crippen molar-refractivity contribution in [1.29, 1.82) is 0 Å². The maximum absolute atomic E-state index is 13.1. The van der Waals surface area contributed by atoms with E-state index in [9.17, 15) is 9.18 Å². The third kappa shape index (κ3) is 3.12. The van der Waals surface area contributed by atoms with E-state index in [0.717, 1.165) is 5.56 Å². The highest BCUT2D eigenvalue weighted by atomic mass is 35.5. The van der Waals surface area contributed by atoms with Gasteiger partial charge >= 0.3 is 0 Å². The summed E-state index contributed by atoms with van der Waals surface area (Å²) in [6.45, 7) is 1.87. The van der Waals surface area contributed by atoms with Crippen LogP contribution < -0.4 is 5.73 Å². The van der Waals surface area contributed by atoms with Crippen molar-refractivity contribution in [3.8, 4) is 0 Å². The van der Waals surface area contributed by atoms with Gasteiger partial charge in [-0.2, -0.15) is 0 Å². The third-order valence-electron chi connectivity index (χ3n) is 2.96. The molecule has 19 heavy (non-hydrogen) atoms. The van der Waals surface area contributed by atoms with Gasteiger partial charge in [-0.25, -0.2) is 4.39 Å². The fourth-order valence-electron chi connectivity index (χ4n) is 1.77. The number of ketones is 1. The number of nitrogens with two attached hydrogens (primary N) is 1. The Morgan fingerprint density at radius 3 is 2.68 bits per heavy atom. The highest BCUT2D eigenvalue weighted by molar-refractivity contribution is 6.31. The van der Waals surface area contributed by atoms with Crippen molar-refractivity contribution in [2.75, 3.05) is 5.73 Å². The zero-order chi connectivity index (χ0) is 14.0. The summed E-state index contributed by atoms with van der Waals surface area (Å²) in [6, 6.07) is 9.11. The van der Waals surface area contributed by atoms with Crippen LogP contribution in [0.5, 0.6) is 0 Å². The van der Waals surface area contributed by atoms with Gasteiger partial charge in [0.15, 0.2) is 5.78 Å². The second-order valence-electron chi connectivity index (χ2n) is 4.41. The number of hydrogen-bond donors (Lipinski definition) is 1. The van der Waals surface area contributed by atoms with Gasteiger partial charge in [-0.1, -0.05) is 23.7 Å². The maximum atomic E-state index is 13.1. The second-order valence-corrected chi connectivity index (χ2v) is 4.81. The van der Waals surface area contributed by atoms with Gasteiger partial charge in [-0.3, -0.25) is 4.79 Å². The Morgan fingerprint density at radius 1 is 1.26 bits per heavy atom. The number of carbonyl (C=O) groups is 1. The summed E-state index contributed by atoms with van der Waals surface area (Å²) in [5.41, 5.74) is 8.23. The van der Waals surface area contributed by atoms with Crippen LogP contribution in [-0.4, -0.2) is 5.78 Å². The van der Waals surface area contributed by atoms with Crippen molar-refractivity contribution in [1.82, 2.24) is 0 Å². The molecule has 2 aromatic carbocycles. The molecule has 2 aromatic rings. The van der Waals surface area contributed by atoms with E-state index in [1.807, 2.05) is 6.92 Å². The molecule has 2 N–H and O–H groups in total. The van der Waals surface area contributed by atoms with Crippen LogP contribution in [0.25, 0.3) is 0 Å². The van der Waals surface area contributed by atoms with E-state index in [1.165, 1.54) is 18.2 Å². The summed E-state index contributed by atoms with van der Waals surface area (Å²) < 4.78 is 13.1. The largest absolute Gasteiger partial charge is 0.398 e. The standard InChI is InChI=1S/C15H13ClFNO/c1-9-2-3-10(7-14(9)18)15(19)8-11-6-12(17)4-5-13(11)16/h2-7H,8,18H2,1H3. The second kappa shape index (κ2) is 5.41. The molecule has 0 aliphatic heterocycles. The van der Waals surface area contributed by atoms with Crippen LogP contribution in [0.15, 0.2) is 36.4 Å². The molecule has 0 saturated heterocycles. The Labute approximate surface area is 116 Å². The van der Waals surface area contributed by atoms with E-state index in [1.54, 1.807) is 18.2 Å². The van der Waals surface area contributed by atoms with Crippen molar-refractivity contribution in [2.45, 2.75) is 13.3 Å². The summed E-state index contributed by atoms with van der Waals surface area (Å²) in [5.74, 6) is -0.546. The van der Waals surface area contributed by atoms with Crippen LogP contribution in [0.1, 0.15) is 21.5 Å². The molecular weight excluding hydrogens is 265 g/mol. The van der Waals surface area contributed by atoms with Gasteiger partial charge < -0.3 is 5.73 Å². The first-order valence-corrected chi connectivity index (χ1v) is 6.18. The molecule has 0 saturated carbocycles. The number of anilines is 1. The lowest BCUT2D eigenvalue weighted by molar-refractivity contribution is 0.0993. The number of carbonyl (C=O) groups excluding carboxylic acids is 1. The highest BCUT2D eigenvalue weighted by Gasteiger charge is 2.11. The van der Waals surface area contributed by atoms with Crippen LogP contribution in [0.4, 0.5) is 10.1 Å². The van der Waals surface area contributed by atoms with Crippen LogP contribution in [0, 0.1) is 12.7 Å². The van der Waals surface area contributed by atoms with Gasteiger partial charge in [0.2, 0.25) is 0 Å². The van der Waals surface area contributed by atoms with Gasteiger partial charge in [0.1, 0.15) is 5.82 Å². The molecule has 98 valence electrons. The lowest BCUT2D eigenvalue weighted by atomic mass is 10.0. The lowest BCUT2D eigenvalue weighted by Crippen LogP contribution is -2.05. The first kappa shape index (κ1) is 13.6. The molecule has 0 bridgehead atoms. The van der Waals surface area contributed by atoms with Crippen LogP contribution in [-0.2, 0) is 6.42 Å². The van der Waals surface area contributed by atoms with Gasteiger partial charge in [-0.05, 0) is 42.3 Å². The summed E-state index contributed by atoms with van der Waals surface area (Å²) in [6.07, 6.45) is 0.0547. The molecule has 0 spiro atoms. The molecule has 4 heteroatoms. The predicted octanol–water partition coefficient (Wildman–Crippen LogP) is 3.80. The first-order chi connectivity index (χ1) is 8.97. The topological polar surface area (TPSA) is 43.1 Å². The Bertz CT molecular complexity index is 640. The molecular formula is C15H13ClFNO. The van der Waals surface area contributed by atoms with Crippen LogP contribution >= 0.6 is 11.6 Å². The Kier molecular flexibility index (Phi) is 3.86. The molecule has 0 fully saturated rings. The fraction of sp³-hybridized carbons (Fsp3) is 0.133. The molecule has 0 aliphatic rings. The molecule has 2 nitrogen and oxygen atoms in total. The van der Waals surface area contributed by atoms with E-state index >= 15 is 0 Å². The Balaban J connectivity index is 2.25. The number of benzene rings is 2. The smallest absolute Gasteiger partial charge is 0.167 e. The fourth-order valence-corrected chi connectivity index (χ4v) is 1.95. The minimum atomic E-state index is -0.407. The van der Waals surface area contributed by atoms with Gasteiger partial charge in [-0.15, -0.1) is 0 Å². The quantitative estimate of drug-likeness (QED) is 0.685. The lowest BCUT2D eigenvalue weighted by Gasteiger charge is -2.06. The van der Waals surface area contributed by atoms with Gasteiger partial charge in [0.25, 0.3) is 0 Å². The van der Waals surface area contributed by atoms with Gasteiger partial charge in [0, 0.05) is 22.7 Å². The number of hydrogen-bond acceptors (Lipinski definition) is 2. The van der Waals surface area contributed by atoms with Crippen molar-refractivity contribution < 1.29 is 9.18 Å². The molecule has 0 atom stereocenters. The average Bonchev–Trinajstić information content (AvgIpc) is 2.37. The summed E-state index contributed by atoms with van der Waals surface area (Å²) >= 11 is 5.94. The highest BCUT2D eigenvalue weighted by Crippen LogP contribution is 2.20. The molecule has 0 aliphatic carbocycles. The summed E-state index contributed by atoms with van der Waals surface area (Å²) in [7, 11) is 0. The molecule has 0 heterocycles. The van der Waals surface area contributed by atoms with Crippen LogP contribution in [0.2, 0.25) is 5.02 Å². The molecule has 0 radical (unpaired) electrons. The van der Waals surface area contributed by atoms with Gasteiger partial charge in [0.05, 0.1) is 0 Å². The SMILES string of the molecule is Cc1ccc(C(=O)Cc2cc(F)ccc2Cl)cc1N.